The summed E-state index contributed by atoms with van der Waals surface area (Å²) in [5, 5.41) is 3.25. The van der Waals surface area contributed by atoms with E-state index in [0.29, 0.717) is 18.0 Å². The molecule has 1 aromatic carbocycles. The third-order valence-corrected chi connectivity index (χ3v) is 2.26. The van der Waals surface area contributed by atoms with Crippen molar-refractivity contribution in [3.63, 3.8) is 0 Å². The lowest BCUT2D eigenvalue weighted by molar-refractivity contribution is 0.244. The van der Waals surface area contributed by atoms with E-state index in [9.17, 15) is 4.79 Å². The summed E-state index contributed by atoms with van der Waals surface area (Å²) in [6.45, 7) is 0.470. The van der Waals surface area contributed by atoms with Crippen LogP contribution in [0.3, 0.4) is 0 Å². The molecule has 2 amide bonds. The third kappa shape index (κ3) is 3.77. The van der Waals surface area contributed by atoms with Gasteiger partial charge in [-0.3, -0.25) is 0 Å². The smallest absolute Gasteiger partial charge is 0.312 e. The Kier molecular flexibility index (Phi) is 4.39. The molecule has 82 valence electrons. The quantitative estimate of drug-likeness (QED) is 0.727. The molecule has 0 aliphatic rings. The lowest BCUT2D eigenvalue weighted by atomic mass is 10.0. The number of nitrogens with two attached hydrogens (primary N) is 2. The van der Waals surface area contributed by atoms with Gasteiger partial charge in [0.15, 0.2) is 0 Å². The van der Waals surface area contributed by atoms with Gasteiger partial charge in [-0.05, 0) is 30.7 Å². The van der Waals surface area contributed by atoms with E-state index in [1.165, 1.54) is 0 Å². The Morgan fingerprint density at radius 1 is 1.53 bits per heavy atom. The van der Waals surface area contributed by atoms with Gasteiger partial charge in [0.1, 0.15) is 0 Å². The van der Waals surface area contributed by atoms with Crippen molar-refractivity contribution in [2.45, 2.75) is 12.5 Å². The fourth-order valence-corrected chi connectivity index (χ4v) is 1.58. The first kappa shape index (κ1) is 11.8. The number of carbonyl (C=O) groups excluding carboxylic acids is 1. The van der Waals surface area contributed by atoms with E-state index in [4.69, 9.17) is 23.1 Å². The zero-order chi connectivity index (χ0) is 11.3. The Balaban J connectivity index is 2.83. The van der Waals surface area contributed by atoms with Crippen LogP contribution < -0.4 is 16.8 Å². The van der Waals surface area contributed by atoms with E-state index in [-0.39, 0.29) is 6.04 Å². The summed E-state index contributed by atoms with van der Waals surface area (Å²) in [5.74, 6) is 0. The number of amides is 2. The Bertz CT molecular complexity index is 343. The van der Waals surface area contributed by atoms with Gasteiger partial charge in [-0.15, -0.1) is 0 Å². The highest BCUT2D eigenvalue weighted by Crippen LogP contribution is 2.19. The summed E-state index contributed by atoms with van der Waals surface area (Å²) < 4.78 is 0. The molecule has 1 atom stereocenters. The summed E-state index contributed by atoms with van der Waals surface area (Å²) in [4.78, 5) is 10.8. The molecule has 0 fully saturated rings. The molecule has 0 aromatic heterocycles. The number of halogens is 1. The summed E-state index contributed by atoms with van der Waals surface area (Å²) in [6, 6.07) is 6.53. The van der Waals surface area contributed by atoms with Crippen LogP contribution in [0.2, 0.25) is 5.02 Å². The highest BCUT2D eigenvalue weighted by atomic mass is 35.5. The number of hydrogen-bond donors (Lipinski definition) is 3. The van der Waals surface area contributed by atoms with E-state index in [1.54, 1.807) is 12.1 Å². The van der Waals surface area contributed by atoms with Gasteiger partial charge in [0.2, 0.25) is 0 Å². The maximum atomic E-state index is 10.8. The van der Waals surface area contributed by atoms with E-state index >= 15 is 0 Å². The monoisotopic (exact) mass is 227 g/mol. The molecule has 0 spiro atoms. The number of hydrogen-bond acceptors (Lipinski definition) is 2. The molecule has 1 aromatic rings. The number of benzene rings is 1. The molecule has 0 radical (unpaired) electrons. The second-order valence-corrected chi connectivity index (χ2v) is 3.63. The van der Waals surface area contributed by atoms with Gasteiger partial charge in [-0.25, -0.2) is 4.79 Å². The van der Waals surface area contributed by atoms with Crippen LogP contribution in [-0.4, -0.2) is 12.6 Å². The molecule has 0 saturated carbocycles. The van der Waals surface area contributed by atoms with Crippen molar-refractivity contribution >= 4 is 17.6 Å². The lowest BCUT2D eigenvalue weighted by Crippen LogP contribution is -2.34. The Labute approximate surface area is 93.6 Å². The minimum absolute atomic E-state index is 0.175. The first-order chi connectivity index (χ1) is 7.13. The zero-order valence-corrected chi connectivity index (χ0v) is 9.00. The van der Waals surface area contributed by atoms with E-state index < -0.39 is 6.03 Å². The molecule has 15 heavy (non-hydrogen) atoms. The van der Waals surface area contributed by atoms with Crippen LogP contribution in [0.4, 0.5) is 4.79 Å². The van der Waals surface area contributed by atoms with E-state index in [1.807, 2.05) is 12.1 Å². The molecule has 0 aliphatic heterocycles. The lowest BCUT2D eigenvalue weighted by Gasteiger charge is -2.17. The average molecular weight is 228 g/mol. The van der Waals surface area contributed by atoms with Crippen LogP contribution in [0.1, 0.15) is 18.0 Å². The third-order valence-electron chi connectivity index (χ3n) is 2.02. The molecule has 4 nitrogen and oxygen atoms in total. The molecular formula is C10H14ClN3O. The number of urea groups is 1. The predicted octanol–water partition coefficient (Wildman–Crippen LogP) is 1.40. The van der Waals surface area contributed by atoms with Crippen molar-refractivity contribution in [1.29, 1.82) is 0 Å². The van der Waals surface area contributed by atoms with Gasteiger partial charge in [-0.1, -0.05) is 23.7 Å². The number of nitrogens with one attached hydrogen (secondary N) is 1. The van der Waals surface area contributed by atoms with Gasteiger partial charge in [-0.2, -0.15) is 0 Å². The maximum absolute atomic E-state index is 10.8. The SMILES string of the molecule is NCCC(NC(N)=O)c1cccc(Cl)c1. The average Bonchev–Trinajstić information content (AvgIpc) is 2.16. The molecule has 5 N–H and O–H groups in total. The maximum Gasteiger partial charge on any atom is 0.312 e. The first-order valence-electron chi connectivity index (χ1n) is 4.65. The van der Waals surface area contributed by atoms with Crippen LogP contribution in [0, 0.1) is 0 Å². The van der Waals surface area contributed by atoms with Crippen LogP contribution in [-0.2, 0) is 0 Å². The summed E-state index contributed by atoms with van der Waals surface area (Å²) in [7, 11) is 0. The standard InChI is InChI=1S/C10H14ClN3O/c11-8-3-1-2-7(6-8)9(4-5-12)14-10(13)15/h1-3,6,9H,4-5,12H2,(H3,13,14,15). The van der Waals surface area contributed by atoms with Gasteiger partial charge in [0, 0.05) is 5.02 Å². The first-order valence-corrected chi connectivity index (χ1v) is 5.02. The number of primary amides is 1. The van der Waals surface area contributed by atoms with Gasteiger partial charge in [0.25, 0.3) is 0 Å². The molecule has 0 heterocycles. The molecule has 0 saturated heterocycles. The van der Waals surface area contributed by atoms with Gasteiger partial charge in [0.05, 0.1) is 6.04 Å². The van der Waals surface area contributed by atoms with Crippen molar-refractivity contribution in [1.82, 2.24) is 5.32 Å². The largest absolute Gasteiger partial charge is 0.352 e. The Morgan fingerprint density at radius 2 is 2.27 bits per heavy atom. The van der Waals surface area contributed by atoms with E-state index in [0.717, 1.165) is 5.56 Å². The highest BCUT2D eigenvalue weighted by molar-refractivity contribution is 6.30. The van der Waals surface area contributed by atoms with Crippen molar-refractivity contribution in [3.05, 3.63) is 34.9 Å². The summed E-state index contributed by atoms with van der Waals surface area (Å²) in [5.41, 5.74) is 11.4. The predicted molar refractivity (Wildman–Crippen MR) is 60.6 cm³/mol. The number of rotatable bonds is 4. The Hall–Kier alpha value is -1.26. The van der Waals surface area contributed by atoms with Crippen molar-refractivity contribution in [2.24, 2.45) is 11.5 Å². The fraction of sp³-hybridized carbons (Fsp3) is 0.300. The van der Waals surface area contributed by atoms with Crippen LogP contribution in [0.25, 0.3) is 0 Å². The molecular weight excluding hydrogens is 214 g/mol. The van der Waals surface area contributed by atoms with Crippen LogP contribution >= 0.6 is 11.6 Å². The van der Waals surface area contributed by atoms with E-state index in [2.05, 4.69) is 5.32 Å². The highest BCUT2D eigenvalue weighted by Gasteiger charge is 2.11. The molecule has 1 rings (SSSR count). The second-order valence-electron chi connectivity index (χ2n) is 3.19. The van der Waals surface area contributed by atoms with Gasteiger partial charge >= 0.3 is 6.03 Å². The molecule has 5 heteroatoms. The summed E-state index contributed by atoms with van der Waals surface area (Å²) >= 11 is 5.85. The minimum atomic E-state index is -0.562. The Morgan fingerprint density at radius 3 is 2.80 bits per heavy atom. The van der Waals surface area contributed by atoms with Crippen LogP contribution in [0.15, 0.2) is 24.3 Å². The molecule has 0 bridgehead atoms. The fourth-order valence-electron chi connectivity index (χ4n) is 1.38. The van der Waals surface area contributed by atoms with Crippen molar-refractivity contribution in [2.75, 3.05) is 6.54 Å². The normalized spacial score (nSPS) is 12.1. The topological polar surface area (TPSA) is 81.1 Å². The van der Waals surface area contributed by atoms with Crippen molar-refractivity contribution < 1.29 is 4.79 Å². The summed E-state index contributed by atoms with van der Waals surface area (Å²) in [6.07, 6.45) is 0.628. The minimum Gasteiger partial charge on any atom is -0.352 e. The van der Waals surface area contributed by atoms with Crippen molar-refractivity contribution in [3.8, 4) is 0 Å². The number of carbonyl (C=O) groups is 1. The van der Waals surface area contributed by atoms with Crippen LogP contribution in [0.5, 0.6) is 0 Å². The van der Waals surface area contributed by atoms with Gasteiger partial charge < -0.3 is 16.8 Å². The molecule has 0 aliphatic carbocycles. The molecule has 1 unspecified atom stereocenters. The second kappa shape index (κ2) is 5.58. The zero-order valence-electron chi connectivity index (χ0n) is 8.24.